The summed E-state index contributed by atoms with van der Waals surface area (Å²) in [7, 11) is 1.72. The lowest BCUT2D eigenvalue weighted by Gasteiger charge is -2.21. The summed E-state index contributed by atoms with van der Waals surface area (Å²) in [6.07, 6.45) is 0. The zero-order chi connectivity index (χ0) is 19.6. The van der Waals surface area contributed by atoms with Gasteiger partial charge in [-0.1, -0.05) is 12.1 Å². The summed E-state index contributed by atoms with van der Waals surface area (Å²) < 4.78 is 5.54. The van der Waals surface area contributed by atoms with Crippen molar-refractivity contribution in [1.82, 2.24) is 15.5 Å². The Labute approximate surface area is 161 Å². The van der Waals surface area contributed by atoms with Crippen molar-refractivity contribution in [3.63, 3.8) is 0 Å². The summed E-state index contributed by atoms with van der Waals surface area (Å²) in [4.78, 5) is 38.6. The number of rotatable bonds is 6. The molecule has 1 aromatic carbocycles. The molecule has 1 atom stereocenters. The van der Waals surface area contributed by atoms with Gasteiger partial charge in [0.25, 0.3) is 11.8 Å². The highest BCUT2D eigenvalue weighted by Gasteiger charge is 2.42. The van der Waals surface area contributed by atoms with E-state index >= 15 is 0 Å². The number of amides is 4. The van der Waals surface area contributed by atoms with Gasteiger partial charge in [-0.2, -0.15) is 0 Å². The van der Waals surface area contributed by atoms with Crippen molar-refractivity contribution in [3.05, 3.63) is 53.5 Å². The van der Waals surface area contributed by atoms with Gasteiger partial charge in [-0.3, -0.25) is 14.9 Å². The van der Waals surface area contributed by atoms with Crippen molar-refractivity contribution in [1.29, 1.82) is 0 Å². The minimum Gasteiger partial charge on any atom is -0.464 e. The van der Waals surface area contributed by atoms with E-state index in [0.29, 0.717) is 23.6 Å². The maximum absolute atomic E-state index is 12.9. The Kier molecular flexibility index (Phi) is 5.27. The third-order valence-corrected chi connectivity index (χ3v) is 5.68. The van der Waals surface area contributed by atoms with Crippen LogP contribution in [0.5, 0.6) is 0 Å². The van der Waals surface area contributed by atoms with Crippen LogP contribution in [0.3, 0.4) is 0 Å². The first-order valence-corrected chi connectivity index (χ1v) is 9.43. The molecule has 2 heterocycles. The normalized spacial score (nSPS) is 18.9. The van der Waals surface area contributed by atoms with Gasteiger partial charge in [-0.05, 0) is 38.1 Å². The van der Waals surface area contributed by atoms with Crippen LogP contribution in [0.4, 0.5) is 4.79 Å². The Balaban J connectivity index is 1.72. The van der Waals surface area contributed by atoms with Gasteiger partial charge in [-0.15, -0.1) is 11.8 Å². The van der Waals surface area contributed by atoms with Crippen molar-refractivity contribution in [3.8, 4) is 0 Å². The quantitative estimate of drug-likeness (QED) is 0.587. The molecule has 0 bridgehead atoms. The fourth-order valence-corrected chi connectivity index (χ4v) is 3.89. The predicted molar refractivity (Wildman–Crippen MR) is 101 cm³/mol. The summed E-state index contributed by atoms with van der Waals surface area (Å²) in [6.45, 7) is 3.88. The Morgan fingerprint density at radius 2 is 1.96 bits per heavy atom. The molecule has 1 aliphatic heterocycles. The van der Waals surface area contributed by atoms with Crippen molar-refractivity contribution in [2.75, 3.05) is 12.8 Å². The van der Waals surface area contributed by atoms with Crippen molar-refractivity contribution in [2.24, 2.45) is 0 Å². The number of thioether (sulfide) groups is 1. The minimum absolute atomic E-state index is 0.141. The first kappa shape index (κ1) is 19.0. The molecule has 0 aliphatic carbocycles. The number of nitrogens with one attached hydrogen (secondary N) is 2. The molecule has 1 fully saturated rings. The van der Waals surface area contributed by atoms with E-state index in [1.165, 1.54) is 11.8 Å². The molecule has 7 nitrogen and oxygen atoms in total. The number of hydrogen-bond acceptors (Lipinski definition) is 5. The van der Waals surface area contributed by atoms with E-state index < -0.39 is 11.6 Å². The van der Waals surface area contributed by atoms with Crippen LogP contribution in [0.25, 0.3) is 0 Å². The molecule has 2 aromatic rings. The zero-order valence-electron chi connectivity index (χ0n) is 15.4. The molecular weight excluding hydrogens is 366 g/mol. The van der Waals surface area contributed by atoms with E-state index in [0.717, 1.165) is 10.7 Å². The minimum atomic E-state index is -1.00. The molecule has 8 heteroatoms. The van der Waals surface area contributed by atoms with Gasteiger partial charge in [0.1, 0.15) is 17.1 Å². The van der Waals surface area contributed by atoms with Gasteiger partial charge in [0, 0.05) is 17.7 Å². The highest BCUT2D eigenvalue weighted by molar-refractivity contribution is 7.99. The van der Waals surface area contributed by atoms with Gasteiger partial charge >= 0.3 is 6.03 Å². The van der Waals surface area contributed by atoms with Gasteiger partial charge in [0.05, 0.1) is 12.1 Å². The molecular formula is C19H21N3O4S. The van der Waals surface area contributed by atoms with Gasteiger partial charge in [-0.25, -0.2) is 4.79 Å². The van der Waals surface area contributed by atoms with Crippen LogP contribution in [0.1, 0.15) is 28.8 Å². The Hall–Kier alpha value is -2.74. The van der Waals surface area contributed by atoms with E-state index in [2.05, 4.69) is 10.6 Å². The maximum Gasteiger partial charge on any atom is 0.322 e. The van der Waals surface area contributed by atoms with E-state index in [1.807, 2.05) is 31.2 Å². The second-order valence-corrected chi connectivity index (χ2v) is 7.72. The summed E-state index contributed by atoms with van der Waals surface area (Å²) in [5.74, 6) is 1.32. The summed E-state index contributed by atoms with van der Waals surface area (Å²) in [5, 5.41) is 4.87. The first-order chi connectivity index (χ1) is 12.8. The second kappa shape index (κ2) is 7.48. The number of carbonyl (C=O) groups excluding carboxylic acids is 3. The Bertz CT molecular complexity index is 895. The van der Waals surface area contributed by atoms with Crippen molar-refractivity contribution >= 4 is 29.6 Å². The van der Waals surface area contributed by atoms with E-state index in [4.69, 9.17) is 4.42 Å². The molecule has 0 spiro atoms. The van der Waals surface area contributed by atoms with Gasteiger partial charge < -0.3 is 14.6 Å². The molecule has 1 unspecified atom stereocenters. The molecule has 27 heavy (non-hydrogen) atoms. The third kappa shape index (κ3) is 4.16. The number of furan rings is 1. The number of aryl methyl sites for hydroxylation is 1. The van der Waals surface area contributed by atoms with Crippen LogP contribution in [-0.4, -0.2) is 41.1 Å². The maximum atomic E-state index is 12.9. The van der Waals surface area contributed by atoms with E-state index in [1.54, 1.807) is 31.0 Å². The number of hydrogen-bond donors (Lipinski definition) is 2. The first-order valence-electron chi connectivity index (χ1n) is 8.45. The highest BCUT2D eigenvalue weighted by Crippen LogP contribution is 2.28. The lowest BCUT2D eigenvalue weighted by molar-refractivity contribution is -0.122. The van der Waals surface area contributed by atoms with Crippen LogP contribution in [-0.2, 0) is 11.3 Å². The molecule has 1 saturated heterocycles. The van der Waals surface area contributed by atoms with Crippen LogP contribution < -0.4 is 10.6 Å². The molecule has 0 saturated carbocycles. The second-order valence-electron chi connectivity index (χ2n) is 6.70. The van der Waals surface area contributed by atoms with E-state index in [-0.39, 0.29) is 11.8 Å². The fraction of sp³-hybridized carbons (Fsp3) is 0.316. The summed E-state index contributed by atoms with van der Waals surface area (Å²) >= 11 is 1.36. The molecule has 0 radical (unpaired) electrons. The average Bonchev–Trinajstić information content (AvgIpc) is 3.14. The number of carbonyl (C=O) groups is 3. The molecule has 142 valence electrons. The number of benzene rings is 1. The van der Waals surface area contributed by atoms with Crippen LogP contribution in [0.2, 0.25) is 0 Å². The Morgan fingerprint density at radius 1 is 1.22 bits per heavy atom. The zero-order valence-corrected chi connectivity index (χ0v) is 16.2. The highest BCUT2D eigenvalue weighted by atomic mass is 32.2. The summed E-state index contributed by atoms with van der Waals surface area (Å²) in [6, 6.07) is 10.4. The number of urea groups is 1. The fourth-order valence-electron chi connectivity index (χ4n) is 2.75. The molecule has 2 N–H and O–H groups in total. The predicted octanol–water partition coefficient (Wildman–Crippen LogP) is 2.55. The van der Waals surface area contributed by atoms with Crippen LogP contribution in [0, 0.1) is 6.92 Å². The lowest BCUT2D eigenvalue weighted by atomic mass is 10.1. The SMILES string of the molecule is Cc1ccc(CN(C)C(=O)c2ccccc2SCC2(C)NC(=O)NC2=O)o1. The van der Waals surface area contributed by atoms with Crippen molar-refractivity contribution in [2.45, 2.75) is 30.8 Å². The van der Waals surface area contributed by atoms with Crippen molar-refractivity contribution < 1.29 is 18.8 Å². The van der Waals surface area contributed by atoms with Crippen LogP contribution in [0.15, 0.2) is 45.7 Å². The smallest absolute Gasteiger partial charge is 0.322 e. The number of imide groups is 1. The lowest BCUT2D eigenvalue weighted by Crippen LogP contribution is -2.46. The standard InChI is InChI=1S/C19H21N3O4S/c1-12-8-9-13(26-12)10-22(3)16(23)14-6-4-5-7-15(14)27-11-19(2)17(24)20-18(25)21-19/h4-9H,10-11H2,1-3H3,(H2,20,21,24,25). The Morgan fingerprint density at radius 3 is 2.59 bits per heavy atom. The molecule has 4 amide bonds. The van der Waals surface area contributed by atoms with Gasteiger partial charge in [0.15, 0.2) is 0 Å². The molecule has 1 aliphatic rings. The molecule has 3 rings (SSSR count). The molecule has 1 aromatic heterocycles. The average molecular weight is 387 g/mol. The van der Waals surface area contributed by atoms with E-state index in [9.17, 15) is 14.4 Å². The topological polar surface area (TPSA) is 91.7 Å². The van der Waals surface area contributed by atoms with Gasteiger partial charge in [0.2, 0.25) is 0 Å². The summed E-state index contributed by atoms with van der Waals surface area (Å²) in [5.41, 5.74) is -0.461. The monoisotopic (exact) mass is 387 g/mol. The largest absolute Gasteiger partial charge is 0.464 e. The third-order valence-electron chi connectivity index (χ3n) is 4.29. The number of nitrogens with zero attached hydrogens (tertiary/aromatic N) is 1. The van der Waals surface area contributed by atoms with Crippen LogP contribution >= 0.6 is 11.8 Å².